The minimum absolute atomic E-state index is 0.126. The zero-order valence-electron chi connectivity index (χ0n) is 12.1. The van der Waals surface area contributed by atoms with Gasteiger partial charge in [0, 0.05) is 23.7 Å². The van der Waals surface area contributed by atoms with Gasteiger partial charge in [0.15, 0.2) is 0 Å². The first-order chi connectivity index (χ1) is 11.0. The minimum Gasteiger partial charge on any atom is -0.337 e. The molecular weight excluding hydrogens is 337 g/mol. The Morgan fingerprint density at radius 2 is 1.70 bits per heavy atom. The van der Waals surface area contributed by atoms with Crippen LogP contribution in [0.5, 0.6) is 0 Å². The van der Waals surface area contributed by atoms with Crippen LogP contribution in [0.25, 0.3) is 0 Å². The monoisotopic (exact) mass is 351 g/mol. The van der Waals surface area contributed by atoms with Crippen LogP contribution in [-0.4, -0.2) is 18.5 Å². The van der Waals surface area contributed by atoms with E-state index in [0.29, 0.717) is 21.4 Å². The fourth-order valence-corrected chi connectivity index (χ4v) is 2.25. The first kappa shape index (κ1) is 17.1. The van der Waals surface area contributed by atoms with Crippen LogP contribution in [0.4, 0.5) is 16.2 Å². The number of para-hydroxylation sites is 1. The molecular formula is C16H15Cl2N3O2. The molecule has 7 heteroatoms. The van der Waals surface area contributed by atoms with Gasteiger partial charge in [0.1, 0.15) is 0 Å². The maximum absolute atomic E-state index is 11.8. The highest BCUT2D eigenvalue weighted by molar-refractivity contribution is 6.36. The number of hydrogen-bond donors (Lipinski definition) is 3. The first-order valence-electron chi connectivity index (χ1n) is 6.89. The highest BCUT2D eigenvalue weighted by atomic mass is 35.5. The van der Waals surface area contributed by atoms with Gasteiger partial charge >= 0.3 is 6.03 Å². The number of benzene rings is 2. The lowest BCUT2D eigenvalue weighted by atomic mass is 10.3. The van der Waals surface area contributed by atoms with E-state index in [2.05, 4.69) is 16.0 Å². The fraction of sp³-hybridized carbons (Fsp3) is 0.125. The van der Waals surface area contributed by atoms with Gasteiger partial charge in [0.2, 0.25) is 5.91 Å². The van der Waals surface area contributed by atoms with E-state index in [9.17, 15) is 9.59 Å². The molecule has 0 saturated heterocycles. The Kier molecular flexibility index (Phi) is 6.26. The standard InChI is InChI=1S/C16H15Cl2N3O2/c17-11-6-7-14(13(18)10-11)21-15(22)8-9-19-16(23)20-12-4-2-1-3-5-12/h1-7,10H,8-9H2,(H,21,22)(H2,19,20,23). The van der Waals surface area contributed by atoms with Crippen LogP contribution in [0.1, 0.15) is 6.42 Å². The van der Waals surface area contributed by atoms with Crippen LogP contribution in [0.3, 0.4) is 0 Å². The van der Waals surface area contributed by atoms with Crippen LogP contribution < -0.4 is 16.0 Å². The molecule has 3 amide bonds. The molecule has 0 unspecified atom stereocenters. The van der Waals surface area contributed by atoms with Crippen molar-refractivity contribution in [2.24, 2.45) is 0 Å². The lowest BCUT2D eigenvalue weighted by molar-refractivity contribution is -0.116. The number of rotatable bonds is 5. The highest BCUT2D eigenvalue weighted by Gasteiger charge is 2.07. The Bertz CT molecular complexity index is 693. The molecule has 0 radical (unpaired) electrons. The maximum atomic E-state index is 11.8. The lowest BCUT2D eigenvalue weighted by Gasteiger charge is -2.09. The van der Waals surface area contributed by atoms with Crippen LogP contribution in [0, 0.1) is 0 Å². The average molecular weight is 352 g/mol. The average Bonchev–Trinajstić information content (AvgIpc) is 2.51. The van der Waals surface area contributed by atoms with Gasteiger partial charge < -0.3 is 16.0 Å². The summed E-state index contributed by atoms with van der Waals surface area (Å²) in [4.78, 5) is 23.5. The molecule has 2 aromatic rings. The molecule has 0 saturated carbocycles. The second-order valence-corrected chi connectivity index (χ2v) is 5.51. The Balaban J connectivity index is 1.73. The largest absolute Gasteiger partial charge is 0.337 e. The van der Waals surface area contributed by atoms with Crippen molar-refractivity contribution in [2.75, 3.05) is 17.2 Å². The quantitative estimate of drug-likeness (QED) is 0.757. The van der Waals surface area contributed by atoms with E-state index in [1.807, 2.05) is 18.2 Å². The second-order valence-electron chi connectivity index (χ2n) is 4.67. The van der Waals surface area contributed by atoms with Crippen LogP contribution in [-0.2, 0) is 4.79 Å². The molecule has 0 aliphatic carbocycles. The summed E-state index contributed by atoms with van der Waals surface area (Å²) >= 11 is 11.8. The van der Waals surface area contributed by atoms with Crippen molar-refractivity contribution in [3.63, 3.8) is 0 Å². The van der Waals surface area contributed by atoms with Crippen LogP contribution >= 0.6 is 23.2 Å². The third-order valence-electron chi connectivity index (χ3n) is 2.87. The predicted molar refractivity (Wildman–Crippen MR) is 93.2 cm³/mol. The van der Waals surface area contributed by atoms with Gasteiger partial charge in [0.25, 0.3) is 0 Å². The van der Waals surface area contributed by atoms with Crippen molar-refractivity contribution in [1.82, 2.24) is 5.32 Å². The third-order valence-corrected chi connectivity index (χ3v) is 3.42. The van der Waals surface area contributed by atoms with E-state index in [0.717, 1.165) is 0 Å². The SMILES string of the molecule is O=C(CCNC(=O)Nc1ccccc1)Nc1ccc(Cl)cc1Cl. The summed E-state index contributed by atoms with van der Waals surface area (Å²) in [6.45, 7) is 0.204. The van der Waals surface area contributed by atoms with Crippen molar-refractivity contribution in [1.29, 1.82) is 0 Å². The van der Waals surface area contributed by atoms with Gasteiger partial charge in [-0.1, -0.05) is 41.4 Å². The smallest absolute Gasteiger partial charge is 0.319 e. The second kappa shape index (κ2) is 8.41. The van der Waals surface area contributed by atoms with Gasteiger partial charge in [-0.25, -0.2) is 4.79 Å². The molecule has 0 aromatic heterocycles. The Hall–Kier alpha value is -2.24. The molecule has 0 spiro atoms. The van der Waals surface area contributed by atoms with Crippen molar-refractivity contribution in [3.8, 4) is 0 Å². The van der Waals surface area contributed by atoms with E-state index in [-0.39, 0.29) is 24.9 Å². The van der Waals surface area contributed by atoms with Gasteiger partial charge in [-0.15, -0.1) is 0 Å². The summed E-state index contributed by atoms with van der Waals surface area (Å²) < 4.78 is 0. The summed E-state index contributed by atoms with van der Waals surface area (Å²) in [5.41, 5.74) is 1.16. The maximum Gasteiger partial charge on any atom is 0.319 e. The number of carbonyl (C=O) groups excluding carboxylic acids is 2. The lowest BCUT2D eigenvalue weighted by Crippen LogP contribution is -2.31. The van der Waals surface area contributed by atoms with E-state index >= 15 is 0 Å². The fourth-order valence-electron chi connectivity index (χ4n) is 1.79. The van der Waals surface area contributed by atoms with E-state index in [1.165, 1.54) is 0 Å². The predicted octanol–water partition coefficient (Wildman–Crippen LogP) is 4.14. The minimum atomic E-state index is -0.367. The number of nitrogens with one attached hydrogen (secondary N) is 3. The van der Waals surface area contributed by atoms with Crippen molar-refractivity contribution < 1.29 is 9.59 Å². The molecule has 23 heavy (non-hydrogen) atoms. The van der Waals surface area contributed by atoms with Crippen molar-refractivity contribution >= 4 is 46.5 Å². The number of amides is 3. The summed E-state index contributed by atoms with van der Waals surface area (Å²) in [7, 11) is 0. The zero-order valence-corrected chi connectivity index (χ0v) is 13.6. The molecule has 0 fully saturated rings. The Morgan fingerprint density at radius 3 is 2.39 bits per heavy atom. The number of anilines is 2. The Labute approximate surface area is 144 Å². The van der Waals surface area contributed by atoms with Crippen LogP contribution in [0.15, 0.2) is 48.5 Å². The summed E-state index contributed by atoms with van der Waals surface area (Å²) in [5.74, 6) is -0.255. The van der Waals surface area contributed by atoms with E-state index in [1.54, 1.807) is 30.3 Å². The number of carbonyl (C=O) groups is 2. The van der Waals surface area contributed by atoms with Crippen molar-refractivity contribution in [3.05, 3.63) is 58.6 Å². The number of hydrogen-bond acceptors (Lipinski definition) is 2. The van der Waals surface area contributed by atoms with Crippen molar-refractivity contribution in [2.45, 2.75) is 6.42 Å². The third kappa shape index (κ3) is 5.81. The molecule has 5 nitrogen and oxygen atoms in total. The molecule has 120 valence electrons. The molecule has 0 heterocycles. The molecule has 3 N–H and O–H groups in total. The molecule has 0 atom stereocenters. The van der Waals surface area contributed by atoms with Gasteiger partial charge in [-0.05, 0) is 30.3 Å². The van der Waals surface area contributed by atoms with E-state index < -0.39 is 0 Å². The van der Waals surface area contributed by atoms with Crippen LogP contribution in [0.2, 0.25) is 10.0 Å². The van der Waals surface area contributed by atoms with Gasteiger partial charge in [-0.3, -0.25) is 4.79 Å². The molecule has 0 aliphatic rings. The summed E-state index contributed by atoms with van der Waals surface area (Å²) in [6, 6.07) is 13.5. The van der Waals surface area contributed by atoms with E-state index in [4.69, 9.17) is 23.2 Å². The number of urea groups is 1. The highest BCUT2D eigenvalue weighted by Crippen LogP contribution is 2.25. The van der Waals surface area contributed by atoms with Gasteiger partial charge in [0.05, 0.1) is 10.7 Å². The zero-order chi connectivity index (χ0) is 16.7. The molecule has 2 rings (SSSR count). The number of halogens is 2. The Morgan fingerprint density at radius 1 is 0.957 bits per heavy atom. The summed E-state index contributed by atoms with van der Waals surface area (Å²) in [6.07, 6.45) is 0.126. The topological polar surface area (TPSA) is 70.2 Å². The molecule has 0 bridgehead atoms. The molecule has 2 aromatic carbocycles. The molecule has 0 aliphatic heterocycles. The first-order valence-corrected chi connectivity index (χ1v) is 7.65. The summed E-state index contributed by atoms with van der Waals surface area (Å²) in [5, 5.41) is 8.78. The normalized spacial score (nSPS) is 10.0. The van der Waals surface area contributed by atoms with Gasteiger partial charge in [-0.2, -0.15) is 0 Å².